The minimum Gasteiger partial charge on any atom is -0.471 e. The molecule has 0 aliphatic carbocycles. The summed E-state index contributed by atoms with van der Waals surface area (Å²) in [5.41, 5.74) is 0.184. The summed E-state index contributed by atoms with van der Waals surface area (Å²) in [4.78, 5) is 25.5. The van der Waals surface area contributed by atoms with E-state index >= 15 is 0 Å². The number of fused-ring (bicyclic) bond motifs is 2. The Morgan fingerprint density at radius 1 is 1.13 bits per heavy atom. The van der Waals surface area contributed by atoms with Crippen LogP contribution in [0.3, 0.4) is 0 Å². The van der Waals surface area contributed by atoms with Crippen molar-refractivity contribution in [2.75, 3.05) is 39.5 Å². The molecule has 3 saturated heterocycles. The van der Waals surface area contributed by atoms with Gasteiger partial charge in [-0.2, -0.15) is 9.97 Å². The van der Waals surface area contributed by atoms with Gasteiger partial charge in [0.25, 0.3) is 11.9 Å². The first-order valence-electron chi connectivity index (χ1n) is 12.0. The van der Waals surface area contributed by atoms with Crippen molar-refractivity contribution in [2.45, 2.75) is 31.0 Å². The Balaban J connectivity index is 1.15. The molecule has 0 radical (unpaired) electrons. The third kappa shape index (κ3) is 4.76. The summed E-state index contributed by atoms with van der Waals surface area (Å²) in [5, 5.41) is 9.96. The third-order valence-electron chi connectivity index (χ3n) is 6.66. The molecule has 3 aliphatic rings. The summed E-state index contributed by atoms with van der Waals surface area (Å²) >= 11 is 6.28. The molecule has 3 aromatic rings. The Labute approximate surface area is 219 Å². The molecule has 2 aromatic heterocycles. The highest BCUT2D eigenvalue weighted by atomic mass is 35.5. The molecule has 0 saturated carbocycles. The molecule has 14 heteroatoms. The largest absolute Gasteiger partial charge is 0.471 e. The Morgan fingerprint density at radius 3 is 2.63 bits per heavy atom. The molecule has 0 spiro atoms. The zero-order chi connectivity index (χ0) is 26.4. The van der Waals surface area contributed by atoms with Gasteiger partial charge in [0.2, 0.25) is 5.88 Å². The highest BCUT2D eigenvalue weighted by Crippen LogP contribution is 2.31. The van der Waals surface area contributed by atoms with Crippen molar-refractivity contribution in [3.8, 4) is 11.9 Å². The monoisotopic (exact) mass is 552 g/mol. The number of benzene rings is 1. The van der Waals surface area contributed by atoms with Gasteiger partial charge in [-0.1, -0.05) is 11.6 Å². The van der Waals surface area contributed by atoms with Crippen molar-refractivity contribution in [3.63, 3.8) is 0 Å². The van der Waals surface area contributed by atoms with Gasteiger partial charge in [-0.05, 0) is 18.2 Å². The highest BCUT2D eigenvalue weighted by molar-refractivity contribution is 6.32. The number of carbonyl (C=O) groups is 1. The number of H-pyrrole nitrogens is 1. The predicted octanol–water partition coefficient (Wildman–Crippen LogP) is 1.85. The van der Waals surface area contributed by atoms with E-state index in [4.69, 9.17) is 35.3 Å². The number of ether oxygens (including phenoxy) is 5. The lowest BCUT2D eigenvalue weighted by Gasteiger charge is -2.27. The number of amides is 1. The molecule has 11 nitrogen and oxygen atoms in total. The normalized spacial score (nSPS) is 25.1. The molecule has 3 fully saturated rings. The molecule has 38 heavy (non-hydrogen) atoms. The van der Waals surface area contributed by atoms with E-state index in [1.165, 1.54) is 11.0 Å². The van der Waals surface area contributed by atoms with E-state index in [1.54, 1.807) is 0 Å². The van der Waals surface area contributed by atoms with Crippen molar-refractivity contribution < 1.29 is 42.4 Å². The number of aliphatic hydroxyl groups is 1. The van der Waals surface area contributed by atoms with Gasteiger partial charge in [-0.15, -0.1) is 0 Å². The Morgan fingerprint density at radius 2 is 1.87 bits per heavy atom. The summed E-state index contributed by atoms with van der Waals surface area (Å²) in [6.45, 7) is 1.33. The van der Waals surface area contributed by atoms with Crippen molar-refractivity contribution in [2.24, 2.45) is 0 Å². The predicted molar refractivity (Wildman–Crippen MR) is 126 cm³/mol. The number of aromatic amines is 1. The number of pyridine rings is 1. The SMILES string of the molecule is O=C(c1cc(F)c(COc2nc3nc(O[C@@H]4COC5C4OC[C@H]5O)[nH]c3cc2Cl)c(F)c1)N1CCOCC1. The molecule has 2 N–H and O–H groups in total. The first-order valence-corrected chi connectivity index (χ1v) is 12.4. The zero-order valence-corrected chi connectivity index (χ0v) is 20.6. The van der Waals surface area contributed by atoms with Crippen LogP contribution >= 0.6 is 11.6 Å². The molecule has 1 amide bonds. The van der Waals surface area contributed by atoms with Crippen LogP contribution in [0.5, 0.6) is 11.9 Å². The second-order valence-corrected chi connectivity index (χ2v) is 9.53. The molecule has 6 rings (SSSR count). The first kappa shape index (κ1) is 25.2. The average molecular weight is 553 g/mol. The molecule has 5 heterocycles. The number of aliphatic hydroxyl groups excluding tert-OH is 1. The van der Waals surface area contributed by atoms with Gasteiger partial charge in [-0.25, -0.2) is 8.78 Å². The van der Waals surface area contributed by atoms with Crippen LogP contribution < -0.4 is 9.47 Å². The second-order valence-electron chi connectivity index (χ2n) is 9.12. The number of imidazole rings is 1. The van der Waals surface area contributed by atoms with Crippen LogP contribution in [0, 0.1) is 11.6 Å². The zero-order valence-electron chi connectivity index (χ0n) is 19.9. The van der Waals surface area contributed by atoms with Crippen molar-refractivity contribution in [3.05, 3.63) is 46.0 Å². The van der Waals surface area contributed by atoms with E-state index in [0.29, 0.717) is 31.8 Å². The van der Waals surface area contributed by atoms with Crippen LogP contribution in [0.4, 0.5) is 8.78 Å². The van der Waals surface area contributed by atoms with Crippen LogP contribution in [0.15, 0.2) is 18.2 Å². The van der Waals surface area contributed by atoms with Gasteiger partial charge in [0.1, 0.15) is 41.6 Å². The van der Waals surface area contributed by atoms with Crippen molar-refractivity contribution in [1.82, 2.24) is 19.9 Å². The minimum absolute atomic E-state index is 0.0825. The van der Waals surface area contributed by atoms with Gasteiger partial charge in [0.15, 0.2) is 11.8 Å². The van der Waals surface area contributed by atoms with Crippen molar-refractivity contribution >= 4 is 28.7 Å². The molecule has 0 bridgehead atoms. The molecular weight excluding hydrogens is 530 g/mol. The summed E-state index contributed by atoms with van der Waals surface area (Å²) in [7, 11) is 0. The molecule has 1 aromatic carbocycles. The van der Waals surface area contributed by atoms with Gasteiger partial charge in [0.05, 0.1) is 37.5 Å². The number of aromatic nitrogens is 3. The summed E-state index contributed by atoms with van der Waals surface area (Å²) in [6.07, 6.45) is -2.06. The lowest BCUT2D eigenvalue weighted by molar-refractivity contribution is 0.00706. The van der Waals surface area contributed by atoms with Crippen LogP contribution in [-0.2, 0) is 20.8 Å². The van der Waals surface area contributed by atoms with Crippen molar-refractivity contribution in [1.29, 1.82) is 0 Å². The molecular formula is C24H23ClF2N4O7. The average Bonchev–Trinajstić information content (AvgIpc) is 3.60. The van der Waals surface area contributed by atoms with Crippen LogP contribution in [0.25, 0.3) is 11.2 Å². The quantitative estimate of drug-likeness (QED) is 0.471. The van der Waals surface area contributed by atoms with Gasteiger partial charge in [0, 0.05) is 18.7 Å². The number of morpholine rings is 1. The van der Waals surface area contributed by atoms with E-state index in [0.717, 1.165) is 12.1 Å². The van der Waals surface area contributed by atoms with E-state index in [1.807, 2.05) is 0 Å². The maximum atomic E-state index is 14.8. The number of carbonyl (C=O) groups excluding carboxylic acids is 1. The minimum atomic E-state index is -0.925. The maximum Gasteiger partial charge on any atom is 0.296 e. The lowest BCUT2D eigenvalue weighted by atomic mass is 10.1. The van der Waals surface area contributed by atoms with Gasteiger partial charge < -0.3 is 38.7 Å². The number of hydrogen-bond acceptors (Lipinski definition) is 9. The summed E-state index contributed by atoms with van der Waals surface area (Å²) < 4.78 is 57.2. The molecule has 2 unspecified atom stereocenters. The number of rotatable bonds is 6. The van der Waals surface area contributed by atoms with Crippen LogP contribution in [0.1, 0.15) is 15.9 Å². The Kier molecular flexibility index (Phi) is 6.78. The van der Waals surface area contributed by atoms with Crippen LogP contribution in [0.2, 0.25) is 5.02 Å². The number of halogens is 3. The van der Waals surface area contributed by atoms with E-state index in [9.17, 15) is 18.7 Å². The fourth-order valence-electron chi connectivity index (χ4n) is 4.68. The fraction of sp³-hybridized carbons (Fsp3) is 0.458. The third-order valence-corrected chi connectivity index (χ3v) is 6.93. The standard InChI is InChI=1S/C24H23ClF2N4O7/c25-13-7-16-21(30-24(28-16)38-18-10-36-19-17(32)9-35-20(18)19)29-22(13)37-8-12-14(26)5-11(6-15(12)27)23(33)31-1-3-34-4-2-31/h5-7,17-20,32H,1-4,8-10H2,(H,28,29,30)/t17-,18-,19?,20?/m1/s1. The number of nitrogens with zero attached hydrogens (tertiary/aromatic N) is 3. The summed E-state index contributed by atoms with van der Waals surface area (Å²) in [5.74, 6) is -2.41. The molecule has 202 valence electrons. The number of hydrogen-bond donors (Lipinski definition) is 2. The lowest BCUT2D eigenvalue weighted by Crippen LogP contribution is -2.40. The Bertz CT molecular complexity index is 1350. The Hall–Kier alpha value is -3.10. The van der Waals surface area contributed by atoms with Gasteiger partial charge in [-0.3, -0.25) is 4.79 Å². The fourth-order valence-corrected chi connectivity index (χ4v) is 4.88. The van der Waals surface area contributed by atoms with E-state index in [-0.39, 0.29) is 46.9 Å². The van der Waals surface area contributed by atoms with Gasteiger partial charge >= 0.3 is 0 Å². The van der Waals surface area contributed by atoms with E-state index in [2.05, 4.69) is 15.0 Å². The highest BCUT2D eigenvalue weighted by Gasteiger charge is 2.48. The molecule has 3 aliphatic heterocycles. The smallest absolute Gasteiger partial charge is 0.296 e. The number of nitrogens with one attached hydrogen (secondary N) is 1. The maximum absolute atomic E-state index is 14.8. The second kappa shape index (κ2) is 10.2. The van der Waals surface area contributed by atoms with E-state index < -0.39 is 48.6 Å². The summed E-state index contributed by atoms with van der Waals surface area (Å²) in [6, 6.07) is 3.61. The van der Waals surface area contributed by atoms with Crippen LogP contribution in [-0.4, -0.2) is 94.8 Å². The topological polar surface area (TPSA) is 128 Å². The molecule has 4 atom stereocenters. The first-order chi connectivity index (χ1) is 18.4.